The Bertz CT molecular complexity index is 1640. The molecule has 3 heterocycles. The first-order chi connectivity index (χ1) is 18.6. The summed E-state index contributed by atoms with van der Waals surface area (Å²) in [5, 5.41) is 18.3. The number of rotatable bonds is 9. The minimum absolute atomic E-state index is 0.168. The predicted molar refractivity (Wildman–Crippen MR) is 148 cm³/mol. The van der Waals surface area contributed by atoms with Crippen LogP contribution in [0.4, 0.5) is 23.1 Å². The van der Waals surface area contributed by atoms with Crippen LogP contribution < -0.4 is 10.6 Å². The number of fused-ring (bicyclic) bond motifs is 1. The molecule has 0 radical (unpaired) electrons. The van der Waals surface area contributed by atoms with Crippen molar-refractivity contribution in [1.82, 2.24) is 24.5 Å². The highest BCUT2D eigenvalue weighted by molar-refractivity contribution is 6.31. The number of likely N-dealkylation sites (N-methyl/N-ethyl adjacent to an activating group) is 1. The molecule has 0 aliphatic heterocycles. The summed E-state index contributed by atoms with van der Waals surface area (Å²) in [6, 6.07) is 6.87. The summed E-state index contributed by atoms with van der Waals surface area (Å²) in [6.45, 7) is 0.806. The maximum atomic E-state index is 12.6. The average molecular weight is 547 g/mol. The third-order valence-electron chi connectivity index (χ3n) is 5.81. The highest BCUT2D eigenvalue weighted by Gasteiger charge is 2.26. The fraction of sp³-hybridized carbons (Fsp3) is 0.192. The molecule has 3 aromatic heterocycles. The molecule has 0 aliphatic carbocycles. The van der Waals surface area contributed by atoms with Crippen molar-refractivity contribution in [1.29, 1.82) is 0 Å². The van der Waals surface area contributed by atoms with Crippen LogP contribution in [-0.2, 0) is 18.4 Å². The Morgan fingerprint density at radius 3 is 2.79 bits per heavy atom. The number of halogens is 1. The number of pyridine rings is 1. The Kier molecular flexibility index (Phi) is 7.85. The minimum Gasteiger partial charge on any atom is -0.358 e. The van der Waals surface area contributed by atoms with E-state index in [9.17, 15) is 14.9 Å². The van der Waals surface area contributed by atoms with Crippen molar-refractivity contribution >= 4 is 51.6 Å². The van der Waals surface area contributed by atoms with E-state index < -0.39 is 4.92 Å². The molecule has 4 rings (SSSR count). The molecular formula is C26H25ClN9O3+. The average Bonchev–Trinajstić information content (AvgIpc) is 3.24. The molecule has 0 bridgehead atoms. The zero-order valence-electron chi connectivity index (χ0n) is 21.4. The number of aromatic nitrogens is 5. The summed E-state index contributed by atoms with van der Waals surface area (Å²) >= 11 is 6.10. The summed E-state index contributed by atoms with van der Waals surface area (Å²) in [4.78, 5) is 40.0. The predicted octanol–water partition coefficient (Wildman–Crippen LogP) is 3.82. The van der Waals surface area contributed by atoms with Crippen molar-refractivity contribution in [2.75, 3.05) is 31.3 Å². The lowest BCUT2D eigenvalue weighted by Gasteiger charge is -2.27. The fourth-order valence-electron chi connectivity index (χ4n) is 3.84. The van der Waals surface area contributed by atoms with Gasteiger partial charge in [-0.05, 0) is 40.2 Å². The second-order valence-electron chi connectivity index (χ2n) is 9.32. The van der Waals surface area contributed by atoms with Crippen LogP contribution in [0.2, 0.25) is 5.02 Å². The monoisotopic (exact) mass is 546 g/mol. The van der Waals surface area contributed by atoms with E-state index in [-0.39, 0.29) is 11.7 Å². The molecule has 1 amide bonds. The Hall–Kier alpha value is -4.86. The lowest BCUT2D eigenvalue weighted by atomic mass is 10.2. The Labute approximate surface area is 229 Å². The number of terminal acetylenes is 1. The lowest BCUT2D eigenvalue weighted by Crippen LogP contribution is -2.39. The van der Waals surface area contributed by atoms with E-state index in [4.69, 9.17) is 18.0 Å². The van der Waals surface area contributed by atoms with Crippen LogP contribution >= 0.6 is 11.6 Å². The van der Waals surface area contributed by atoms with Crippen molar-refractivity contribution < 1.29 is 14.2 Å². The van der Waals surface area contributed by atoms with Gasteiger partial charge in [-0.1, -0.05) is 17.5 Å². The molecule has 198 valence electrons. The number of imidazole rings is 1. The first-order valence-corrected chi connectivity index (χ1v) is 12.0. The number of carbonyl (C=O) groups excluding carboxylic acids is 1. The molecule has 0 atom stereocenters. The molecule has 0 aliphatic rings. The number of amides is 1. The molecule has 12 nitrogen and oxygen atoms in total. The second-order valence-corrected chi connectivity index (χ2v) is 9.73. The number of hydrogen-bond acceptors (Lipinski definition) is 8. The van der Waals surface area contributed by atoms with Crippen LogP contribution in [0.25, 0.3) is 10.9 Å². The zero-order valence-corrected chi connectivity index (χ0v) is 22.2. The SMILES string of the molecule is C#Cc1cc(Nc2ncnc3cnc(NC(=O)C=CC[N+](C)(C)Cc4c([N+](=O)[O-])ncn4C)cc23)ccc1Cl. The van der Waals surface area contributed by atoms with E-state index in [0.717, 1.165) is 0 Å². The third-order valence-corrected chi connectivity index (χ3v) is 6.14. The molecule has 1 aromatic carbocycles. The third kappa shape index (κ3) is 6.53. The number of anilines is 3. The summed E-state index contributed by atoms with van der Waals surface area (Å²) < 4.78 is 2.00. The van der Waals surface area contributed by atoms with Crippen molar-refractivity contribution in [3.8, 4) is 12.3 Å². The number of nitro groups is 1. The van der Waals surface area contributed by atoms with Crippen LogP contribution in [0, 0.1) is 22.5 Å². The minimum atomic E-state index is -0.495. The molecular weight excluding hydrogens is 522 g/mol. The van der Waals surface area contributed by atoms with E-state index in [0.29, 0.717) is 62.1 Å². The van der Waals surface area contributed by atoms with Gasteiger partial charge in [0, 0.05) is 29.8 Å². The fourth-order valence-corrected chi connectivity index (χ4v) is 4.01. The summed E-state index contributed by atoms with van der Waals surface area (Å²) in [5.41, 5.74) is 2.32. The smallest absolute Gasteiger partial charge is 0.358 e. The summed E-state index contributed by atoms with van der Waals surface area (Å²) in [7, 11) is 5.53. The topological polar surface area (TPSA) is 141 Å². The number of quaternary nitrogens is 1. The number of nitrogens with zero attached hydrogens (tertiary/aromatic N) is 7. The van der Waals surface area contributed by atoms with E-state index >= 15 is 0 Å². The molecule has 0 spiro atoms. The van der Waals surface area contributed by atoms with Gasteiger partial charge >= 0.3 is 5.82 Å². The van der Waals surface area contributed by atoms with Gasteiger partial charge < -0.3 is 29.8 Å². The highest BCUT2D eigenvalue weighted by Crippen LogP contribution is 2.27. The van der Waals surface area contributed by atoms with E-state index in [2.05, 4.69) is 36.5 Å². The van der Waals surface area contributed by atoms with Gasteiger partial charge in [0.05, 0.1) is 37.4 Å². The van der Waals surface area contributed by atoms with Gasteiger partial charge in [-0.3, -0.25) is 4.79 Å². The van der Waals surface area contributed by atoms with Gasteiger partial charge in [0.1, 0.15) is 24.5 Å². The van der Waals surface area contributed by atoms with Gasteiger partial charge in [0.25, 0.3) is 0 Å². The molecule has 39 heavy (non-hydrogen) atoms. The molecule has 4 aromatic rings. The molecule has 0 unspecified atom stereocenters. The number of hydrogen-bond donors (Lipinski definition) is 2. The summed E-state index contributed by atoms with van der Waals surface area (Å²) in [5.74, 6) is 2.80. The second kappa shape index (κ2) is 11.3. The van der Waals surface area contributed by atoms with Crippen LogP contribution in [0.15, 0.2) is 55.3 Å². The van der Waals surface area contributed by atoms with Crippen LogP contribution in [0.3, 0.4) is 0 Å². The van der Waals surface area contributed by atoms with Gasteiger partial charge in [-0.2, -0.15) is 0 Å². The maximum absolute atomic E-state index is 12.6. The Morgan fingerprint density at radius 2 is 2.05 bits per heavy atom. The number of carbonyl (C=O) groups is 1. The van der Waals surface area contributed by atoms with Gasteiger partial charge in [-0.25, -0.2) is 15.0 Å². The van der Waals surface area contributed by atoms with Crippen molar-refractivity contribution in [2.45, 2.75) is 6.54 Å². The zero-order chi connectivity index (χ0) is 28.2. The van der Waals surface area contributed by atoms with E-state index in [1.54, 1.807) is 42.0 Å². The van der Waals surface area contributed by atoms with Crippen molar-refractivity contribution in [2.24, 2.45) is 7.05 Å². The molecule has 0 saturated heterocycles. The van der Waals surface area contributed by atoms with E-state index in [1.807, 2.05) is 14.1 Å². The molecule has 0 fully saturated rings. The number of nitrogens with one attached hydrogen (secondary N) is 2. The normalized spacial score (nSPS) is 11.5. The maximum Gasteiger partial charge on any atom is 0.390 e. The Balaban J connectivity index is 1.45. The largest absolute Gasteiger partial charge is 0.390 e. The quantitative estimate of drug-likeness (QED) is 0.106. The Morgan fingerprint density at radius 1 is 1.26 bits per heavy atom. The van der Waals surface area contributed by atoms with Crippen LogP contribution in [0.5, 0.6) is 0 Å². The summed E-state index contributed by atoms with van der Waals surface area (Å²) in [6.07, 6.45) is 13.0. The van der Waals surface area contributed by atoms with Crippen molar-refractivity contribution in [3.63, 3.8) is 0 Å². The van der Waals surface area contributed by atoms with Gasteiger partial charge in [-0.15, -0.1) is 6.42 Å². The van der Waals surface area contributed by atoms with Crippen LogP contribution in [-0.4, -0.2) is 60.5 Å². The van der Waals surface area contributed by atoms with Gasteiger partial charge in [0.2, 0.25) is 12.2 Å². The number of aryl methyl sites for hydroxylation is 1. The molecule has 2 N–H and O–H groups in total. The van der Waals surface area contributed by atoms with Crippen LogP contribution in [0.1, 0.15) is 11.3 Å². The van der Waals surface area contributed by atoms with E-state index in [1.165, 1.54) is 24.9 Å². The highest BCUT2D eigenvalue weighted by atomic mass is 35.5. The molecule has 13 heteroatoms. The lowest BCUT2D eigenvalue weighted by molar-refractivity contribution is -0.898. The number of benzene rings is 1. The molecule has 0 saturated carbocycles. The first kappa shape index (κ1) is 27.2. The first-order valence-electron chi connectivity index (χ1n) is 11.6. The standard InChI is InChI=1S/C26H24ClN9O3/c1-5-17-11-18(8-9-20(17)27)32-25-19-12-23(28-13-21(19)29-15-30-25)33-24(37)7-6-10-36(3,4)14-22-26(35(38)39)31-16-34(22)2/h1,6-9,11-13,15-16H,10,14H2,2-4H3,(H-,28,29,30,32,33,37)/p+1. The van der Waals surface area contributed by atoms with Gasteiger partial charge in [0.15, 0.2) is 5.69 Å². The van der Waals surface area contributed by atoms with Crippen molar-refractivity contribution in [3.05, 3.63) is 81.7 Å².